The molecule has 0 amide bonds. The van der Waals surface area contributed by atoms with Gasteiger partial charge in [-0.3, -0.25) is 0 Å². The van der Waals surface area contributed by atoms with Crippen LogP contribution in [0.15, 0.2) is 11.1 Å². The maximum atomic E-state index is 11.4. The molecule has 0 aliphatic carbocycles. The van der Waals surface area contributed by atoms with Crippen molar-refractivity contribution in [2.75, 3.05) is 0 Å². The molecule has 0 saturated carbocycles. The monoisotopic (exact) mass is 252 g/mol. The van der Waals surface area contributed by atoms with Gasteiger partial charge in [0.15, 0.2) is 5.44 Å². The van der Waals surface area contributed by atoms with Crippen LogP contribution in [0.4, 0.5) is 0 Å². The molecule has 1 heterocycles. The van der Waals surface area contributed by atoms with Gasteiger partial charge in [0.2, 0.25) is 0 Å². The average molecular weight is 253 g/mol. The van der Waals surface area contributed by atoms with Crippen molar-refractivity contribution in [3.8, 4) is 0 Å². The molecule has 0 saturated heterocycles. The summed E-state index contributed by atoms with van der Waals surface area (Å²) >= 11 is 0. The summed E-state index contributed by atoms with van der Waals surface area (Å²) in [5.41, 5.74) is 0.605. The first-order valence-corrected chi connectivity index (χ1v) is 7.24. The Labute approximate surface area is 95.9 Å². The third-order valence-electron chi connectivity index (χ3n) is 3.27. The SMILES string of the molecule is CC1=C(C)C(C)(C)OC(S(=O)(=O)Cl)C1C. The van der Waals surface area contributed by atoms with E-state index in [2.05, 4.69) is 0 Å². The van der Waals surface area contributed by atoms with E-state index in [1.165, 1.54) is 0 Å². The molecule has 0 N–H and O–H groups in total. The average Bonchev–Trinajstić information content (AvgIpc) is 2.07. The summed E-state index contributed by atoms with van der Waals surface area (Å²) in [6.07, 6.45) is 0. The maximum absolute atomic E-state index is 11.4. The third kappa shape index (κ3) is 2.37. The van der Waals surface area contributed by atoms with Crippen molar-refractivity contribution in [1.29, 1.82) is 0 Å². The van der Waals surface area contributed by atoms with Gasteiger partial charge in [0.25, 0.3) is 9.05 Å². The van der Waals surface area contributed by atoms with Crippen LogP contribution in [0.25, 0.3) is 0 Å². The highest BCUT2D eigenvalue weighted by molar-refractivity contribution is 8.14. The van der Waals surface area contributed by atoms with E-state index in [9.17, 15) is 8.42 Å². The normalized spacial score (nSPS) is 31.9. The van der Waals surface area contributed by atoms with Crippen LogP contribution in [0.5, 0.6) is 0 Å². The van der Waals surface area contributed by atoms with E-state index in [-0.39, 0.29) is 5.92 Å². The van der Waals surface area contributed by atoms with Gasteiger partial charge in [0, 0.05) is 16.6 Å². The van der Waals surface area contributed by atoms with Gasteiger partial charge in [0.1, 0.15) is 0 Å². The summed E-state index contributed by atoms with van der Waals surface area (Å²) in [7, 11) is 1.69. The van der Waals surface area contributed by atoms with Crippen LogP contribution >= 0.6 is 10.7 Å². The molecule has 5 heteroatoms. The summed E-state index contributed by atoms with van der Waals surface area (Å²) in [5.74, 6) is -0.194. The number of halogens is 1. The van der Waals surface area contributed by atoms with Crippen LogP contribution in [0.3, 0.4) is 0 Å². The zero-order chi connectivity index (χ0) is 12.0. The van der Waals surface area contributed by atoms with Crippen LogP contribution in [0, 0.1) is 5.92 Å². The Morgan fingerprint density at radius 2 is 1.80 bits per heavy atom. The van der Waals surface area contributed by atoms with Crippen molar-refractivity contribution in [1.82, 2.24) is 0 Å². The van der Waals surface area contributed by atoms with E-state index in [1.54, 1.807) is 0 Å². The molecule has 2 atom stereocenters. The van der Waals surface area contributed by atoms with Crippen LogP contribution in [-0.2, 0) is 13.8 Å². The second-order valence-electron chi connectivity index (χ2n) is 4.57. The lowest BCUT2D eigenvalue weighted by Gasteiger charge is -2.40. The van der Waals surface area contributed by atoms with E-state index in [1.807, 2.05) is 34.6 Å². The topological polar surface area (TPSA) is 43.4 Å². The summed E-state index contributed by atoms with van der Waals surface area (Å²) in [6, 6.07) is 0. The molecule has 3 nitrogen and oxygen atoms in total. The minimum Gasteiger partial charge on any atom is -0.350 e. The Kier molecular flexibility index (Phi) is 3.25. The summed E-state index contributed by atoms with van der Waals surface area (Å²) in [6.45, 7) is 9.42. The third-order valence-corrected chi connectivity index (χ3v) is 4.86. The first-order valence-electron chi connectivity index (χ1n) is 4.86. The highest BCUT2D eigenvalue weighted by atomic mass is 35.7. The van der Waals surface area contributed by atoms with E-state index >= 15 is 0 Å². The van der Waals surface area contributed by atoms with Crippen molar-refractivity contribution in [3.05, 3.63) is 11.1 Å². The molecule has 15 heavy (non-hydrogen) atoms. The van der Waals surface area contributed by atoms with Gasteiger partial charge in [-0.1, -0.05) is 12.5 Å². The highest BCUT2D eigenvalue weighted by Gasteiger charge is 2.42. The molecular weight excluding hydrogens is 236 g/mol. The van der Waals surface area contributed by atoms with Gasteiger partial charge in [-0.05, 0) is 33.3 Å². The Morgan fingerprint density at radius 1 is 1.33 bits per heavy atom. The first kappa shape index (κ1) is 13.0. The second kappa shape index (κ2) is 3.75. The Morgan fingerprint density at radius 3 is 2.20 bits per heavy atom. The van der Waals surface area contributed by atoms with Gasteiger partial charge in [-0.15, -0.1) is 0 Å². The standard InChI is InChI=1S/C10H17ClO3S/c1-6-7(2)9(15(11,12)13)14-10(4,5)8(6)3/h7,9H,1-5H3. The Hall–Kier alpha value is -0.0600. The molecule has 1 rings (SSSR count). The predicted molar refractivity (Wildman–Crippen MR) is 61.3 cm³/mol. The van der Waals surface area contributed by atoms with E-state index in [0.717, 1.165) is 11.1 Å². The van der Waals surface area contributed by atoms with Crippen LogP contribution in [0.2, 0.25) is 0 Å². The lowest BCUT2D eigenvalue weighted by Crippen LogP contribution is -2.43. The fraction of sp³-hybridized carbons (Fsp3) is 0.800. The van der Waals surface area contributed by atoms with Crippen LogP contribution in [-0.4, -0.2) is 19.5 Å². The first-order chi connectivity index (χ1) is 6.57. The van der Waals surface area contributed by atoms with Gasteiger partial charge >= 0.3 is 0 Å². The van der Waals surface area contributed by atoms with Gasteiger partial charge in [-0.2, -0.15) is 0 Å². The molecule has 88 valence electrons. The molecule has 0 spiro atoms. The molecule has 0 radical (unpaired) electrons. The quantitative estimate of drug-likeness (QED) is 0.532. The molecule has 0 aromatic heterocycles. The molecule has 0 aromatic rings. The van der Waals surface area contributed by atoms with E-state index < -0.39 is 20.1 Å². The Balaban J connectivity index is 3.24. The fourth-order valence-electron chi connectivity index (χ4n) is 1.80. The smallest absolute Gasteiger partial charge is 0.260 e. The summed E-state index contributed by atoms with van der Waals surface area (Å²) < 4.78 is 28.3. The summed E-state index contributed by atoms with van der Waals surface area (Å²) in [5, 5.41) is 0. The molecule has 0 bridgehead atoms. The minimum atomic E-state index is -3.69. The molecule has 1 aliphatic rings. The fourth-order valence-corrected chi connectivity index (χ4v) is 3.42. The summed E-state index contributed by atoms with van der Waals surface area (Å²) in [4.78, 5) is 0. The second-order valence-corrected chi connectivity index (χ2v) is 7.28. The van der Waals surface area contributed by atoms with Crippen LogP contribution < -0.4 is 0 Å². The zero-order valence-electron chi connectivity index (χ0n) is 9.67. The maximum Gasteiger partial charge on any atom is 0.260 e. The van der Waals surface area contributed by atoms with E-state index in [0.29, 0.717) is 0 Å². The van der Waals surface area contributed by atoms with Crippen molar-refractivity contribution < 1.29 is 13.2 Å². The Bertz CT molecular complexity index is 395. The predicted octanol–water partition coefficient (Wildman–Crippen LogP) is 2.66. The molecule has 0 aromatic carbocycles. The molecular formula is C10H17ClO3S. The number of hydrogen-bond acceptors (Lipinski definition) is 3. The van der Waals surface area contributed by atoms with Crippen molar-refractivity contribution in [2.45, 2.75) is 45.7 Å². The molecule has 1 aliphatic heterocycles. The molecule has 2 unspecified atom stereocenters. The van der Waals surface area contributed by atoms with Crippen molar-refractivity contribution in [3.63, 3.8) is 0 Å². The number of rotatable bonds is 1. The van der Waals surface area contributed by atoms with Gasteiger partial charge < -0.3 is 4.74 Å². The lowest BCUT2D eigenvalue weighted by molar-refractivity contribution is -0.0389. The van der Waals surface area contributed by atoms with Crippen molar-refractivity contribution in [2.24, 2.45) is 5.92 Å². The molecule has 0 fully saturated rings. The highest BCUT2D eigenvalue weighted by Crippen LogP contribution is 2.39. The van der Waals surface area contributed by atoms with Gasteiger partial charge in [-0.25, -0.2) is 8.42 Å². The minimum absolute atomic E-state index is 0.194. The zero-order valence-corrected chi connectivity index (χ0v) is 11.2. The largest absolute Gasteiger partial charge is 0.350 e. The van der Waals surface area contributed by atoms with Crippen LogP contribution in [0.1, 0.15) is 34.6 Å². The lowest BCUT2D eigenvalue weighted by atomic mass is 9.86. The van der Waals surface area contributed by atoms with Crippen molar-refractivity contribution >= 4 is 19.7 Å². The number of ether oxygens (including phenoxy) is 1. The van der Waals surface area contributed by atoms with E-state index in [4.69, 9.17) is 15.4 Å². The van der Waals surface area contributed by atoms with Gasteiger partial charge in [0.05, 0.1) is 5.60 Å². The number of hydrogen-bond donors (Lipinski definition) is 0.